The third-order valence-electron chi connectivity index (χ3n) is 8.38. The summed E-state index contributed by atoms with van der Waals surface area (Å²) in [5, 5.41) is 14.7. The molecule has 1 aliphatic heterocycles. The maximum atomic E-state index is 13.3. The number of anilines is 1. The number of halogens is 2. The Morgan fingerprint density at radius 1 is 1.06 bits per heavy atom. The first kappa shape index (κ1) is 35.2. The number of carboxylic acids is 1. The third-order valence-corrected chi connectivity index (χ3v) is 9.16. The lowest BCUT2D eigenvalue weighted by atomic mass is 9.93. The van der Waals surface area contributed by atoms with Crippen molar-refractivity contribution in [3.8, 4) is 16.9 Å². The molecule has 3 aromatic carbocycles. The zero-order valence-electron chi connectivity index (χ0n) is 26.6. The second-order valence-electron chi connectivity index (χ2n) is 11.6. The van der Waals surface area contributed by atoms with Crippen molar-refractivity contribution in [2.45, 2.75) is 25.8 Å². The van der Waals surface area contributed by atoms with Crippen LogP contribution in [0.15, 0.2) is 67.0 Å². The number of likely N-dealkylation sites (N-methyl/N-ethyl adjacent to an activating group) is 1. The van der Waals surface area contributed by atoms with Crippen molar-refractivity contribution in [1.82, 2.24) is 14.7 Å². The van der Waals surface area contributed by atoms with E-state index in [1.165, 1.54) is 7.05 Å². The normalized spacial score (nSPS) is 15.5. The predicted molar refractivity (Wildman–Crippen MR) is 179 cm³/mol. The summed E-state index contributed by atoms with van der Waals surface area (Å²) in [7, 11) is 1.44. The molecule has 4 aromatic rings. The van der Waals surface area contributed by atoms with Crippen LogP contribution < -0.4 is 9.64 Å². The average molecular weight is 708 g/mol. The molecule has 0 unspecified atom stereocenters. The van der Waals surface area contributed by atoms with Gasteiger partial charge in [0, 0.05) is 46.5 Å². The lowest BCUT2D eigenvalue weighted by Crippen LogP contribution is -2.37. The van der Waals surface area contributed by atoms with E-state index in [0.29, 0.717) is 51.8 Å². The van der Waals surface area contributed by atoms with Crippen LogP contribution in [-0.4, -0.2) is 77.3 Å². The van der Waals surface area contributed by atoms with Crippen molar-refractivity contribution in [3.05, 3.63) is 99.3 Å². The Bertz CT molecular complexity index is 1920. The molecule has 1 aliphatic carbocycles. The maximum Gasteiger partial charge on any atom is 0.414 e. The molecule has 0 saturated heterocycles. The van der Waals surface area contributed by atoms with E-state index in [1.807, 2.05) is 43.5 Å². The zero-order valence-corrected chi connectivity index (χ0v) is 28.1. The first-order valence-electron chi connectivity index (χ1n) is 15.2. The van der Waals surface area contributed by atoms with Crippen LogP contribution in [0.2, 0.25) is 10.0 Å². The number of carbonyl (C=O) groups excluding carboxylic acids is 4. The summed E-state index contributed by atoms with van der Waals surface area (Å²) in [6.45, 7) is 2.68. The molecule has 0 radical (unpaired) electrons. The van der Waals surface area contributed by atoms with Crippen LogP contribution in [0.4, 0.5) is 10.5 Å². The van der Waals surface area contributed by atoms with Gasteiger partial charge in [0.15, 0.2) is 0 Å². The van der Waals surface area contributed by atoms with Crippen molar-refractivity contribution in [2.75, 3.05) is 38.3 Å². The highest BCUT2D eigenvalue weighted by Gasteiger charge is 2.48. The van der Waals surface area contributed by atoms with Gasteiger partial charge in [0.1, 0.15) is 25.5 Å². The monoisotopic (exact) mass is 706 g/mol. The standard InChI is InChI=1S/C34H32Cl2N4O6.CO2/c1-20-27(35)6-4-8-30(20)45-11-12-46-34(44)40-18-22-14-26(22)32-25(5-3-7-29(32)40)24-15-37-39(17-24)16-23-13-21(9-10-28(23)36)33(43)38(2)19-31(41)42;2-1-3/h3-10,13,15,17,22,26H,11-12,14,16,18-19H2,1-2H3,(H,41,42);/t22-,26-;/m0./s1. The molecule has 49 heavy (non-hydrogen) atoms. The van der Waals surface area contributed by atoms with Gasteiger partial charge < -0.3 is 19.5 Å². The fourth-order valence-corrected chi connectivity index (χ4v) is 6.27. The van der Waals surface area contributed by atoms with Crippen LogP contribution in [0.3, 0.4) is 0 Å². The molecule has 254 valence electrons. The highest BCUT2D eigenvalue weighted by atomic mass is 35.5. The van der Waals surface area contributed by atoms with Gasteiger partial charge >= 0.3 is 18.2 Å². The molecular weight excluding hydrogens is 675 g/mol. The molecule has 2 atom stereocenters. The Balaban J connectivity index is 0.00000151. The quantitative estimate of drug-likeness (QED) is 0.198. The minimum atomic E-state index is -1.09. The molecule has 1 fully saturated rings. The molecule has 12 nitrogen and oxygen atoms in total. The van der Waals surface area contributed by atoms with Crippen molar-refractivity contribution in [2.24, 2.45) is 5.92 Å². The van der Waals surface area contributed by atoms with Crippen LogP contribution in [0, 0.1) is 12.8 Å². The Kier molecular flexibility index (Phi) is 11.0. The van der Waals surface area contributed by atoms with Gasteiger partial charge in [-0.15, -0.1) is 0 Å². The van der Waals surface area contributed by atoms with E-state index in [9.17, 15) is 14.4 Å². The van der Waals surface area contributed by atoms with Crippen LogP contribution in [0.5, 0.6) is 5.75 Å². The number of aliphatic carboxylic acids is 1. The van der Waals surface area contributed by atoms with Crippen molar-refractivity contribution < 1.29 is 38.6 Å². The van der Waals surface area contributed by atoms with Crippen LogP contribution in [0.25, 0.3) is 11.1 Å². The van der Waals surface area contributed by atoms with E-state index in [-0.39, 0.29) is 19.4 Å². The summed E-state index contributed by atoms with van der Waals surface area (Å²) in [6.07, 6.45) is 4.53. The topological polar surface area (TPSA) is 148 Å². The number of aromatic nitrogens is 2. The molecule has 2 aliphatic rings. The molecule has 14 heteroatoms. The molecule has 2 amide bonds. The first-order valence-corrected chi connectivity index (χ1v) is 16.0. The number of fused-ring (bicyclic) bond motifs is 3. The van der Waals surface area contributed by atoms with E-state index in [0.717, 1.165) is 39.3 Å². The van der Waals surface area contributed by atoms with Crippen molar-refractivity contribution in [3.63, 3.8) is 0 Å². The molecule has 1 saturated carbocycles. The second-order valence-corrected chi connectivity index (χ2v) is 12.5. The minimum Gasteiger partial charge on any atom is -0.490 e. The number of hydrogen-bond acceptors (Lipinski definition) is 8. The van der Waals surface area contributed by atoms with Crippen molar-refractivity contribution >= 4 is 53.0 Å². The van der Waals surface area contributed by atoms with Gasteiger partial charge in [0.2, 0.25) is 0 Å². The highest BCUT2D eigenvalue weighted by Crippen LogP contribution is 2.57. The second kappa shape index (κ2) is 15.4. The lowest BCUT2D eigenvalue weighted by Gasteiger charge is -2.29. The number of hydrogen-bond donors (Lipinski definition) is 1. The number of benzene rings is 3. The summed E-state index contributed by atoms with van der Waals surface area (Å²) in [6, 6.07) is 16.2. The molecular formula is C35H32Cl2N4O8. The van der Waals surface area contributed by atoms with E-state index in [4.69, 9.17) is 47.4 Å². The number of nitrogens with zero attached hydrogens (tertiary/aromatic N) is 4. The van der Waals surface area contributed by atoms with Gasteiger partial charge in [-0.1, -0.05) is 41.4 Å². The van der Waals surface area contributed by atoms with E-state index >= 15 is 0 Å². The SMILES string of the molecule is Cc1c(Cl)cccc1OCCOC(=O)N1C[C@@H]2C[C@@H]2c2c(-c3cnn(Cc4cc(C(=O)N(C)CC(=O)O)ccc4Cl)c3)cccc21.O=C=O. The zero-order chi connectivity index (χ0) is 35.2. The smallest absolute Gasteiger partial charge is 0.414 e. The summed E-state index contributed by atoms with van der Waals surface area (Å²) >= 11 is 12.6. The summed E-state index contributed by atoms with van der Waals surface area (Å²) < 4.78 is 13.2. The number of carboxylic acid groups (broad SMARTS) is 1. The van der Waals surface area contributed by atoms with Gasteiger partial charge in [-0.25, -0.2) is 4.79 Å². The van der Waals surface area contributed by atoms with Gasteiger partial charge in [0.25, 0.3) is 5.91 Å². The molecule has 1 aromatic heterocycles. The number of rotatable bonds is 10. The molecule has 1 N–H and O–H groups in total. The molecule has 0 bridgehead atoms. The van der Waals surface area contributed by atoms with Crippen molar-refractivity contribution in [1.29, 1.82) is 0 Å². The Morgan fingerprint density at radius 2 is 1.82 bits per heavy atom. The molecule has 2 heterocycles. The fraction of sp³-hybridized carbons (Fsp3) is 0.286. The number of amides is 2. The maximum absolute atomic E-state index is 13.3. The Labute approximate surface area is 291 Å². The average Bonchev–Trinajstić information content (AvgIpc) is 3.72. The fourth-order valence-electron chi connectivity index (χ4n) is 5.93. The minimum absolute atomic E-state index is 0.0996. The summed E-state index contributed by atoms with van der Waals surface area (Å²) in [5.41, 5.74) is 5.68. The molecule has 0 spiro atoms. The van der Waals surface area contributed by atoms with E-state index in [1.54, 1.807) is 40.0 Å². The first-order chi connectivity index (χ1) is 23.5. The largest absolute Gasteiger partial charge is 0.490 e. The van der Waals surface area contributed by atoms with E-state index in [2.05, 4.69) is 5.10 Å². The molecule has 6 rings (SSSR count). The number of carbonyl (C=O) groups is 3. The Morgan fingerprint density at radius 3 is 2.57 bits per heavy atom. The summed E-state index contributed by atoms with van der Waals surface area (Å²) in [5.74, 6) is -0.134. The summed E-state index contributed by atoms with van der Waals surface area (Å²) in [4.78, 5) is 56.1. The highest BCUT2D eigenvalue weighted by molar-refractivity contribution is 6.31. The van der Waals surface area contributed by atoms with Crippen LogP contribution in [-0.2, 0) is 25.7 Å². The van der Waals surface area contributed by atoms with Gasteiger partial charge in [0.05, 0.1) is 18.4 Å². The van der Waals surface area contributed by atoms with E-state index < -0.39 is 24.5 Å². The van der Waals surface area contributed by atoms with Gasteiger partial charge in [-0.2, -0.15) is 14.7 Å². The van der Waals surface area contributed by atoms with Gasteiger partial charge in [-0.05, 0) is 78.3 Å². The third kappa shape index (κ3) is 8.11. The Hall–Kier alpha value is -5.16. The van der Waals surface area contributed by atoms with Crippen LogP contribution >= 0.6 is 23.2 Å². The number of ether oxygens (including phenoxy) is 2. The lowest BCUT2D eigenvalue weighted by molar-refractivity contribution is -0.191. The van der Waals surface area contributed by atoms with Crippen LogP contribution in [0.1, 0.15) is 39.4 Å². The predicted octanol–water partition coefficient (Wildman–Crippen LogP) is 5.93. The van der Waals surface area contributed by atoms with Gasteiger partial charge in [-0.3, -0.25) is 19.2 Å².